The first-order valence-electron chi connectivity index (χ1n) is 2.00. The maximum Gasteiger partial charge on any atom is 0.303 e. The third-order valence-corrected chi connectivity index (χ3v) is 0.827. The van der Waals surface area contributed by atoms with Crippen molar-refractivity contribution in [3.05, 3.63) is 0 Å². The molecule has 0 saturated heterocycles. The number of ether oxygens (including phenoxy) is 1. The van der Waals surface area contributed by atoms with Crippen LogP contribution in [0.2, 0.25) is 0 Å². The van der Waals surface area contributed by atoms with Crippen LogP contribution in [0.5, 0.6) is 0 Å². The predicted molar refractivity (Wildman–Crippen MR) is 33.9 cm³/mol. The summed E-state index contributed by atoms with van der Waals surface area (Å²) in [5.41, 5.74) is 0. The van der Waals surface area contributed by atoms with Gasteiger partial charge in [-0.25, -0.2) is 0 Å². The van der Waals surface area contributed by atoms with Gasteiger partial charge in [-0.1, -0.05) is 0 Å². The summed E-state index contributed by atoms with van der Waals surface area (Å²) >= 11 is 0. The second kappa shape index (κ2) is 5.31. The summed E-state index contributed by atoms with van der Waals surface area (Å²) in [6.07, 6.45) is 0. The molecule has 0 saturated carbocycles. The first-order chi connectivity index (χ1) is 3.92. The van der Waals surface area contributed by atoms with E-state index in [-0.39, 0.29) is 37.7 Å². The number of carbonyl (C=O) groups excluding carboxylic acids is 1. The van der Waals surface area contributed by atoms with Gasteiger partial charge in [0, 0.05) is 44.7 Å². The number of hydrogen-bond donors (Lipinski definition) is 1. The third-order valence-electron chi connectivity index (χ3n) is 0.411. The van der Waals surface area contributed by atoms with E-state index < -0.39 is 22.0 Å². The molecule has 0 aromatic heterocycles. The van der Waals surface area contributed by atoms with Crippen molar-refractivity contribution in [2.75, 3.05) is 5.94 Å². The van der Waals surface area contributed by atoms with Crippen LogP contribution in [0.3, 0.4) is 0 Å². The summed E-state index contributed by atoms with van der Waals surface area (Å²) in [6, 6.07) is 0. The summed E-state index contributed by atoms with van der Waals surface area (Å²) in [5.74, 6) is -1.71. The Labute approximate surface area is 88.5 Å². The SMILES string of the molecule is CC(=O)OCS(=O)(=O)O.[Ca]. The van der Waals surface area contributed by atoms with Crippen LogP contribution >= 0.6 is 0 Å². The average Bonchev–Trinajstić information content (AvgIpc) is 1.59. The molecule has 0 unspecified atom stereocenters. The van der Waals surface area contributed by atoms with Gasteiger partial charge in [0.2, 0.25) is 5.94 Å². The van der Waals surface area contributed by atoms with Crippen molar-refractivity contribution in [3.63, 3.8) is 0 Å². The monoisotopic (exact) mass is 194 g/mol. The molecule has 0 aliphatic carbocycles. The van der Waals surface area contributed by atoms with Crippen LogP contribution in [0, 0.1) is 0 Å². The van der Waals surface area contributed by atoms with E-state index in [0.717, 1.165) is 6.92 Å². The second-order valence-electron chi connectivity index (χ2n) is 1.34. The average molecular weight is 194 g/mol. The van der Waals surface area contributed by atoms with Gasteiger partial charge in [-0.3, -0.25) is 9.35 Å². The first kappa shape index (κ1) is 13.2. The fourth-order valence-electron chi connectivity index (χ4n) is 0.157. The molecular formula is C3H6CaO5S. The zero-order valence-electron chi connectivity index (χ0n) is 5.40. The molecule has 0 heterocycles. The zero-order chi connectivity index (χ0) is 7.49. The molecule has 0 bridgehead atoms. The van der Waals surface area contributed by atoms with E-state index in [4.69, 9.17) is 4.55 Å². The van der Waals surface area contributed by atoms with Crippen LogP contribution in [0.4, 0.5) is 0 Å². The molecule has 5 nitrogen and oxygen atoms in total. The van der Waals surface area contributed by atoms with Crippen molar-refractivity contribution < 1.29 is 22.5 Å². The van der Waals surface area contributed by atoms with Crippen molar-refractivity contribution in [1.82, 2.24) is 0 Å². The minimum Gasteiger partial charge on any atom is -0.447 e. The van der Waals surface area contributed by atoms with Gasteiger partial charge < -0.3 is 4.74 Å². The van der Waals surface area contributed by atoms with Gasteiger partial charge in [-0.05, 0) is 0 Å². The molecule has 0 fully saturated rings. The Morgan fingerprint density at radius 1 is 1.60 bits per heavy atom. The fraction of sp³-hybridized carbons (Fsp3) is 0.667. The standard InChI is InChI=1S/C3H6O5S.Ca/c1-3(4)8-2-9(5,6)7;/h2H2,1H3,(H,5,6,7);. The first-order valence-corrected chi connectivity index (χ1v) is 3.61. The molecule has 0 atom stereocenters. The Hall–Kier alpha value is 0.640. The Bertz CT molecular complexity index is 195. The largest absolute Gasteiger partial charge is 0.447 e. The molecule has 0 aliphatic heterocycles. The molecule has 0 aromatic carbocycles. The van der Waals surface area contributed by atoms with E-state index in [2.05, 4.69) is 4.74 Å². The molecule has 0 rings (SSSR count). The molecule has 0 aromatic rings. The van der Waals surface area contributed by atoms with Crippen molar-refractivity contribution in [1.29, 1.82) is 0 Å². The zero-order valence-corrected chi connectivity index (χ0v) is 8.43. The summed E-state index contributed by atoms with van der Waals surface area (Å²) in [7, 11) is -4.16. The van der Waals surface area contributed by atoms with Crippen molar-refractivity contribution in [3.8, 4) is 0 Å². The van der Waals surface area contributed by atoms with E-state index in [1.54, 1.807) is 0 Å². The maximum atomic E-state index is 9.89. The van der Waals surface area contributed by atoms with Gasteiger partial charge in [0.05, 0.1) is 0 Å². The number of carbonyl (C=O) groups is 1. The van der Waals surface area contributed by atoms with Gasteiger partial charge in [-0.15, -0.1) is 0 Å². The molecule has 0 amide bonds. The van der Waals surface area contributed by atoms with Crippen LogP contribution in [0.1, 0.15) is 6.92 Å². The van der Waals surface area contributed by atoms with Crippen molar-refractivity contribution in [2.45, 2.75) is 6.92 Å². The van der Waals surface area contributed by atoms with Crippen LogP contribution < -0.4 is 0 Å². The minimum atomic E-state index is -4.16. The Kier molecular flexibility index (Phi) is 7.03. The van der Waals surface area contributed by atoms with E-state index in [0.29, 0.717) is 0 Å². The molecule has 0 spiro atoms. The fourth-order valence-corrected chi connectivity index (χ4v) is 0.472. The topological polar surface area (TPSA) is 80.7 Å². The second-order valence-corrected chi connectivity index (χ2v) is 2.74. The summed E-state index contributed by atoms with van der Waals surface area (Å²) < 4.78 is 31.5. The quantitative estimate of drug-likeness (QED) is 0.347. The molecule has 56 valence electrons. The van der Waals surface area contributed by atoms with Crippen molar-refractivity contribution in [2.24, 2.45) is 0 Å². The van der Waals surface area contributed by atoms with Crippen LogP contribution in [0.15, 0.2) is 0 Å². The molecule has 7 heteroatoms. The molecular weight excluding hydrogens is 188 g/mol. The van der Waals surface area contributed by atoms with Crippen LogP contribution in [-0.4, -0.2) is 62.6 Å². The molecule has 1 N–H and O–H groups in total. The van der Waals surface area contributed by atoms with Gasteiger partial charge in [-0.2, -0.15) is 8.42 Å². The van der Waals surface area contributed by atoms with Crippen LogP contribution in [-0.2, 0) is 19.6 Å². The summed E-state index contributed by atoms with van der Waals surface area (Å²) in [6.45, 7) is 1.05. The number of esters is 1. The third kappa shape index (κ3) is 11.4. The summed E-state index contributed by atoms with van der Waals surface area (Å²) in [4.78, 5) is 9.89. The van der Waals surface area contributed by atoms with E-state index >= 15 is 0 Å². The van der Waals surface area contributed by atoms with Gasteiger partial charge in [0.15, 0.2) is 0 Å². The Balaban J connectivity index is 0. The van der Waals surface area contributed by atoms with E-state index in [9.17, 15) is 13.2 Å². The van der Waals surface area contributed by atoms with E-state index in [1.165, 1.54) is 0 Å². The normalized spacial score (nSPS) is 9.80. The minimum absolute atomic E-state index is 0. The maximum absolute atomic E-state index is 9.89. The van der Waals surface area contributed by atoms with Gasteiger partial charge in [0.1, 0.15) is 0 Å². The van der Waals surface area contributed by atoms with E-state index in [1.807, 2.05) is 0 Å². The van der Waals surface area contributed by atoms with Crippen LogP contribution in [0.25, 0.3) is 0 Å². The van der Waals surface area contributed by atoms with Gasteiger partial charge in [0.25, 0.3) is 0 Å². The number of hydrogen-bond acceptors (Lipinski definition) is 4. The summed E-state index contributed by atoms with van der Waals surface area (Å²) in [5, 5.41) is 0. The smallest absolute Gasteiger partial charge is 0.303 e. The van der Waals surface area contributed by atoms with Gasteiger partial charge >= 0.3 is 16.1 Å². The Morgan fingerprint density at radius 2 is 2.00 bits per heavy atom. The van der Waals surface area contributed by atoms with Crippen molar-refractivity contribution >= 4 is 53.8 Å². The molecule has 10 heavy (non-hydrogen) atoms. The number of rotatable bonds is 2. The Morgan fingerprint density at radius 3 is 2.10 bits per heavy atom. The molecule has 0 aliphatic rings. The molecule has 2 radical (unpaired) electrons. The predicted octanol–water partition coefficient (Wildman–Crippen LogP) is -0.986.